The summed E-state index contributed by atoms with van der Waals surface area (Å²) in [5.41, 5.74) is 16.6. The molecule has 7 heteroatoms. The number of nitrogen functional groups attached to an aromatic ring is 1. The van der Waals surface area contributed by atoms with Crippen molar-refractivity contribution < 1.29 is 4.79 Å². The van der Waals surface area contributed by atoms with Gasteiger partial charge in [0.15, 0.2) is 11.6 Å². The van der Waals surface area contributed by atoms with Crippen molar-refractivity contribution in [2.24, 2.45) is 5.73 Å². The van der Waals surface area contributed by atoms with Gasteiger partial charge >= 0.3 is 0 Å². The maximum absolute atomic E-state index is 13.1. The zero-order valence-corrected chi connectivity index (χ0v) is 17.6. The minimum atomic E-state index is -0.151. The van der Waals surface area contributed by atoms with Crippen LogP contribution in [-0.4, -0.2) is 45.3 Å². The molecule has 7 nitrogen and oxygen atoms in total. The lowest BCUT2D eigenvalue weighted by molar-refractivity contribution is 0.0988. The molecule has 0 radical (unpaired) electrons. The third-order valence-corrected chi connectivity index (χ3v) is 5.70. The number of Topliss-reactive ketones (excluding diaryl/α,β-unsaturated/α-hetero) is 1. The smallest absolute Gasteiger partial charge is 0.189 e. The Kier molecular flexibility index (Phi) is 6.64. The predicted molar refractivity (Wildman–Crippen MR) is 121 cm³/mol. The fraction of sp³-hybridized carbons (Fsp3) is 0.333. The minimum absolute atomic E-state index is 0.151. The average molecular weight is 417 g/mol. The van der Waals surface area contributed by atoms with Crippen LogP contribution in [0.25, 0.3) is 11.3 Å². The molecule has 1 aliphatic heterocycles. The van der Waals surface area contributed by atoms with Crippen LogP contribution in [-0.2, 0) is 19.4 Å². The van der Waals surface area contributed by atoms with Gasteiger partial charge in [-0.1, -0.05) is 24.3 Å². The molecule has 0 atom stereocenters. The fourth-order valence-corrected chi connectivity index (χ4v) is 3.96. The number of aromatic nitrogens is 3. The monoisotopic (exact) mass is 416 g/mol. The normalized spacial score (nSPS) is 14.1. The Hall–Kier alpha value is -3.16. The number of nitrogens with two attached hydrogens (primary N) is 2. The van der Waals surface area contributed by atoms with Gasteiger partial charge in [-0.2, -0.15) is 0 Å². The van der Waals surface area contributed by atoms with Gasteiger partial charge < -0.3 is 11.5 Å². The van der Waals surface area contributed by atoms with Crippen molar-refractivity contribution >= 4 is 11.6 Å². The molecule has 4 rings (SSSR count). The van der Waals surface area contributed by atoms with Crippen LogP contribution in [0.1, 0.15) is 40.0 Å². The molecule has 160 valence electrons. The van der Waals surface area contributed by atoms with E-state index in [-0.39, 0.29) is 23.7 Å². The summed E-state index contributed by atoms with van der Waals surface area (Å²) in [6, 6.07) is 9.96. The standard InChI is InChI=1S/C24H28N6O/c25-9-7-17-3-5-18(6-4-17)21-15-28-24(26)23(29-21)22(31)13-20-14-27-10-8-19(20)16-30-11-1-2-12-30/h3-6,8,10,14-15H,1-2,7,9,11-13,16,25H2,(H2,26,28). The third-order valence-electron chi connectivity index (χ3n) is 5.70. The number of pyridine rings is 1. The lowest BCUT2D eigenvalue weighted by Gasteiger charge is -2.17. The number of rotatable bonds is 8. The van der Waals surface area contributed by atoms with Crippen molar-refractivity contribution in [2.45, 2.75) is 32.2 Å². The number of ketones is 1. The van der Waals surface area contributed by atoms with Crippen LogP contribution in [0.4, 0.5) is 5.82 Å². The summed E-state index contributed by atoms with van der Waals surface area (Å²) in [6.45, 7) is 3.63. The lowest BCUT2D eigenvalue weighted by atomic mass is 10.0. The summed E-state index contributed by atoms with van der Waals surface area (Å²) in [6.07, 6.45) is 8.64. The second-order valence-electron chi connectivity index (χ2n) is 7.95. The molecule has 3 aromatic rings. The number of likely N-dealkylation sites (tertiary alicyclic amines) is 1. The van der Waals surface area contributed by atoms with E-state index in [9.17, 15) is 4.79 Å². The first-order valence-electron chi connectivity index (χ1n) is 10.7. The van der Waals surface area contributed by atoms with Gasteiger partial charge in [0.05, 0.1) is 11.9 Å². The minimum Gasteiger partial charge on any atom is -0.382 e. The molecule has 0 saturated carbocycles. The molecule has 31 heavy (non-hydrogen) atoms. The molecule has 0 bridgehead atoms. The maximum Gasteiger partial charge on any atom is 0.189 e. The second-order valence-corrected chi connectivity index (χ2v) is 7.95. The number of hydrogen-bond donors (Lipinski definition) is 2. The SMILES string of the molecule is NCCc1ccc(-c2cnc(N)c(C(=O)Cc3cnccc3CN3CCCC3)n2)cc1. The van der Waals surface area contributed by atoms with E-state index in [0.29, 0.717) is 12.2 Å². The number of hydrogen-bond acceptors (Lipinski definition) is 7. The van der Waals surface area contributed by atoms with Gasteiger partial charge in [0.25, 0.3) is 0 Å². The van der Waals surface area contributed by atoms with E-state index in [4.69, 9.17) is 11.5 Å². The van der Waals surface area contributed by atoms with Gasteiger partial charge in [-0.05, 0) is 61.7 Å². The second kappa shape index (κ2) is 9.76. The summed E-state index contributed by atoms with van der Waals surface area (Å²) in [5, 5.41) is 0. The first-order chi connectivity index (χ1) is 15.1. The zero-order valence-electron chi connectivity index (χ0n) is 17.6. The number of nitrogens with zero attached hydrogens (tertiary/aromatic N) is 4. The highest BCUT2D eigenvalue weighted by Crippen LogP contribution is 2.22. The van der Waals surface area contributed by atoms with E-state index in [1.807, 2.05) is 30.3 Å². The van der Waals surface area contributed by atoms with Crippen LogP contribution >= 0.6 is 0 Å². The molecule has 4 N–H and O–H groups in total. The molecule has 1 saturated heterocycles. The summed E-state index contributed by atoms with van der Waals surface area (Å²) in [5.74, 6) is 0.000703. The summed E-state index contributed by atoms with van der Waals surface area (Å²) >= 11 is 0. The van der Waals surface area contributed by atoms with Crippen LogP contribution in [0.5, 0.6) is 0 Å². The molecule has 1 fully saturated rings. The van der Waals surface area contributed by atoms with E-state index in [1.165, 1.54) is 12.8 Å². The number of benzene rings is 1. The molecule has 3 heterocycles. The van der Waals surface area contributed by atoms with Gasteiger partial charge in [0.1, 0.15) is 5.69 Å². The molecule has 0 unspecified atom stereocenters. The maximum atomic E-state index is 13.1. The van der Waals surface area contributed by atoms with E-state index in [0.717, 1.165) is 48.3 Å². The Labute approximate surface area is 182 Å². The van der Waals surface area contributed by atoms with Crippen LogP contribution < -0.4 is 11.5 Å². The Morgan fingerprint density at radius 3 is 2.55 bits per heavy atom. The zero-order chi connectivity index (χ0) is 21.6. The van der Waals surface area contributed by atoms with Crippen molar-refractivity contribution in [1.82, 2.24) is 19.9 Å². The Bertz CT molecular complexity index is 1040. The quantitative estimate of drug-likeness (QED) is 0.543. The van der Waals surface area contributed by atoms with Crippen LogP contribution in [0.2, 0.25) is 0 Å². The van der Waals surface area contributed by atoms with E-state index < -0.39 is 0 Å². The molecular weight excluding hydrogens is 388 g/mol. The molecule has 0 amide bonds. The average Bonchev–Trinajstić information content (AvgIpc) is 3.29. The molecule has 1 aliphatic rings. The molecule has 2 aromatic heterocycles. The van der Waals surface area contributed by atoms with Crippen molar-refractivity contribution in [3.05, 3.63) is 71.3 Å². The summed E-state index contributed by atoms with van der Waals surface area (Å²) < 4.78 is 0. The third kappa shape index (κ3) is 5.13. The highest BCUT2D eigenvalue weighted by molar-refractivity contribution is 5.99. The van der Waals surface area contributed by atoms with Crippen molar-refractivity contribution in [2.75, 3.05) is 25.4 Å². The molecule has 0 spiro atoms. The van der Waals surface area contributed by atoms with Crippen LogP contribution in [0, 0.1) is 0 Å². The Balaban J connectivity index is 1.54. The van der Waals surface area contributed by atoms with Crippen molar-refractivity contribution in [1.29, 1.82) is 0 Å². The van der Waals surface area contributed by atoms with E-state index in [2.05, 4.69) is 19.9 Å². The number of carbonyl (C=O) groups excluding carboxylic acids is 1. The first-order valence-corrected chi connectivity index (χ1v) is 10.7. The summed E-state index contributed by atoms with van der Waals surface area (Å²) in [7, 11) is 0. The topological polar surface area (TPSA) is 111 Å². The van der Waals surface area contributed by atoms with E-state index in [1.54, 1.807) is 18.6 Å². The molecular formula is C24H28N6O. The largest absolute Gasteiger partial charge is 0.382 e. The van der Waals surface area contributed by atoms with Gasteiger partial charge in [-0.25, -0.2) is 9.97 Å². The van der Waals surface area contributed by atoms with Gasteiger partial charge in [-0.3, -0.25) is 14.7 Å². The van der Waals surface area contributed by atoms with Gasteiger partial charge in [0, 0.05) is 30.9 Å². The number of carbonyl (C=O) groups is 1. The van der Waals surface area contributed by atoms with Gasteiger partial charge in [-0.15, -0.1) is 0 Å². The highest BCUT2D eigenvalue weighted by Gasteiger charge is 2.19. The van der Waals surface area contributed by atoms with Gasteiger partial charge in [0.2, 0.25) is 0 Å². The van der Waals surface area contributed by atoms with Crippen molar-refractivity contribution in [3.63, 3.8) is 0 Å². The van der Waals surface area contributed by atoms with Crippen LogP contribution in [0.3, 0.4) is 0 Å². The van der Waals surface area contributed by atoms with Crippen LogP contribution in [0.15, 0.2) is 48.9 Å². The number of anilines is 1. The first kappa shape index (κ1) is 21.1. The predicted octanol–water partition coefficient (Wildman–Crippen LogP) is 2.64. The molecule has 0 aliphatic carbocycles. The summed E-state index contributed by atoms with van der Waals surface area (Å²) in [4.78, 5) is 28.5. The Morgan fingerprint density at radius 1 is 1.03 bits per heavy atom. The Morgan fingerprint density at radius 2 is 1.81 bits per heavy atom. The highest BCUT2D eigenvalue weighted by atomic mass is 16.1. The van der Waals surface area contributed by atoms with Crippen molar-refractivity contribution in [3.8, 4) is 11.3 Å². The van der Waals surface area contributed by atoms with E-state index >= 15 is 0 Å². The molecule has 1 aromatic carbocycles. The lowest BCUT2D eigenvalue weighted by Crippen LogP contribution is -2.20. The fourth-order valence-electron chi connectivity index (χ4n) is 3.96.